The molecule has 5 rings (SSSR count). The zero-order valence-electron chi connectivity index (χ0n) is 20.9. The van der Waals surface area contributed by atoms with Gasteiger partial charge in [0.05, 0.1) is 26.2 Å². The van der Waals surface area contributed by atoms with Gasteiger partial charge in [-0.25, -0.2) is 13.4 Å². The standard InChI is InChI=1S/C25H25Cl2F3N4O5S/c26-17-9-15(39-13-25(28,29)30)2-3-19(17)40(37,38)16-10-18(21(35)33-24(31)7-8-24)34(12-16)22(36)23(5-6-23)14-1-4-20(27)32-11-14/h1-4,9,11,16,18H,5-8,10,12-13,31H2,(H,33,35)/t16-,18?/m1/s1. The molecule has 2 heterocycles. The van der Waals surface area contributed by atoms with Crippen LogP contribution in [0.25, 0.3) is 0 Å². The molecule has 2 aromatic rings. The predicted octanol–water partition coefficient (Wildman–Crippen LogP) is 3.37. The lowest BCUT2D eigenvalue weighted by molar-refractivity contribution is -0.153. The predicted molar refractivity (Wildman–Crippen MR) is 139 cm³/mol. The summed E-state index contributed by atoms with van der Waals surface area (Å²) in [4.78, 5) is 32.2. The van der Waals surface area contributed by atoms with Crippen LogP contribution in [-0.4, -0.2) is 66.4 Å². The van der Waals surface area contributed by atoms with Crippen LogP contribution in [0, 0.1) is 0 Å². The van der Waals surface area contributed by atoms with Gasteiger partial charge in [-0.2, -0.15) is 13.2 Å². The third-order valence-corrected chi connectivity index (χ3v) is 10.3. The molecule has 0 bridgehead atoms. The van der Waals surface area contributed by atoms with Gasteiger partial charge in [-0.05, 0) is 55.9 Å². The Bertz CT molecular complexity index is 1450. The zero-order valence-corrected chi connectivity index (χ0v) is 23.2. The van der Waals surface area contributed by atoms with Crippen molar-refractivity contribution in [2.75, 3.05) is 13.2 Å². The molecule has 1 aliphatic heterocycles. The molecule has 3 fully saturated rings. The molecular weight excluding hydrogens is 596 g/mol. The lowest BCUT2D eigenvalue weighted by atomic mass is 9.95. The Morgan fingerprint density at radius 3 is 2.40 bits per heavy atom. The van der Waals surface area contributed by atoms with E-state index >= 15 is 0 Å². The smallest absolute Gasteiger partial charge is 0.422 e. The summed E-state index contributed by atoms with van der Waals surface area (Å²) in [6.07, 6.45) is -1.22. The highest BCUT2D eigenvalue weighted by molar-refractivity contribution is 7.92. The van der Waals surface area contributed by atoms with E-state index in [1.54, 1.807) is 12.1 Å². The number of benzene rings is 1. The van der Waals surface area contributed by atoms with Crippen molar-refractivity contribution in [3.8, 4) is 5.75 Å². The van der Waals surface area contributed by atoms with Crippen LogP contribution in [-0.2, 0) is 24.8 Å². The second kappa shape index (κ2) is 10.0. The van der Waals surface area contributed by atoms with E-state index in [1.807, 2.05) is 0 Å². The molecule has 3 N–H and O–H groups in total. The number of ether oxygens (including phenoxy) is 1. The summed E-state index contributed by atoms with van der Waals surface area (Å²) in [6, 6.07) is 5.25. The van der Waals surface area contributed by atoms with Gasteiger partial charge in [0.25, 0.3) is 0 Å². The van der Waals surface area contributed by atoms with E-state index in [2.05, 4.69) is 15.0 Å². The number of amides is 2. The monoisotopic (exact) mass is 620 g/mol. The molecule has 2 saturated carbocycles. The average molecular weight is 621 g/mol. The van der Waals surface area contributed by atoms with Crippen molar-refractivity contribution < 1.29 is 35.9 Å². The fourth-order valence-corrected chi connectivity index (χ4v) is 7.26. The highest BCUT2D eigenvalue weighted by Crippen LogP contribution is 2.51. The van der Waals surface area contributed by atoms with Crippen LogP contribution >= 0.6 is 23.2 Å². The highest BCUT2D eigenvalue weighted by Gasteiger charge is 2.58. The quantitative estimate of drug-likeness (QED) is 0.342. The number of pyridine rings is 1. The topological polar surface area (TPSA) is 132 Å². The molecule has 1 aromatic heterocycles. The van der Waals surface area contributed by atoms with Gasteiger partial charge in [0.1, 0.15) is 16.9 Å². The number of sulfone groups is 1. The molecule has 2 aliphatic carbocycles. The number of rotatable bonds is 8. The van der Waals surface area contributed by atoms with Gasteiger partial charge in [-0.3, -0.25) is 9.59 Å². The number of nitrogens with one attached hydrogen (secondary N) is 1. The first-order valence-corrected chi connectivity index (χ1v) is 14.7. The molecule has 2 atom stereocenters. The zero-order chi connectivity index (χ0) is 29.1. The number of nitrogens with two attached hydrogens (primary N) is 1. The van der Waals surface area contributed by atoms with Gasteiger partial charge < -0.3 is 20.7 Å². The molecule has 0 spiro atoms. The highest BCUT2D eigenvalue weighted by atomic mass is 35.5. The Labute approximate surface area is 238 Å². The number of carbonyl (C=O) groups is 2. The molecule has 0 radical (unpaired) electrons. The largest absolute Gasteiger partial charge is 0.484 e. The number of aromatic nitrogens is 1. The minimum Gasteiger partial charge on any atom is -0.484 e. The van der Waals surface area contributed by atoms with Gasteiger partial charge in [-0.15, -0.1) is 0 Å². The van der Waals surface area contributed by atoms with Crippen molar-refractivity contribution in [3.63, 3.8) is 0 Å². The van der Waals surface area contributed by atoms with Crippen molar-refractivity contribution in [3.05, 3.63) is 52.3 Å². The van der Waals surface area contributed by atoms with Crippen molar-refractivity contribution in [1.29, 1.82) is 0 Å². The summed E-state index contributed by atoms with van der Waals surface area (Å²) in [5, 5.41) is 1.42. The first-order valence-electron chi connectivity index (χ1n) is 12.4. The number of nitrogens with zero attached hydrogens (tertiary/aromatic N) is 2. The van der Waals surface area contributed by atoms with E-state index < -0.39 is 56.8 Å². The minimum absolute atomic E-state index is 0.215. The molecule has 2 amide bonds. The van der Waals surface area contributed by atoms with E-state index in [9.17, 15) is 31.2 Å². The van der Waals surface area contributed by atoms with Crippen LogP contribution in [0.5, 0.6) is 5.75 Å². The van der Waals surface area contributed by atoms with Gasteiger partial charge in [0.2, 0.25) is 11.8 Å². The van der Waals surface area contributed by atoms with Crippen molar-refractivity contribution in [2.45, 2.75) is 65.5 Å². The Balaban J connectivity index is 1.42. The molecule has 1 saturated heterocycles. The number of carbonyl (C=O) groups excluding carboxylic acids is 2. The molecule has 1 aromatic carbocycles. The van der Waals surface area contributed by atoms with Crippen molar-refractivity contribution >= 4 is 44.9 Å². The maximum atomic E-state index is 13.9. The lowest BCUT2D eigenvalue weighted by Gasteiger charge is -2.29. The molecule has 9 nitrogen and oxygen atoms in total. The summed E-state index contributed by atoms with van der Waals surface area (Å²) < 4.78 is 69.5. The average Bonchev–Trinajstić information content (AvgIpc) is 3.78. The normalized spacial score (nSPS) is 23.0. The maximum Gasteiger partial charge on any atom is 0.422 e. The van der Waals surface area contributed by atoms with Crippen LogP contribution < -0.4 is 15.8 Å². The molecule has 1 unspecified atom stereocenters. The van der Waals surface area contributed by atoms with E-state index in [-0.39, 0.29) is 33.8 Å². The first-order chi connectivity index (χ1) is 18.6. The van der Waals surface area contributed by atoms with E-state index in [1.165, 1.54) is 11.1 Å². The summed E-state index contributed by atoms with van der Waals surface area (Å²) in [6.45, 7) is -1.86. The van der Waals surface area contributed by atoms with Crippen LogP contribution in [0.2, 0.25) is 10.2 Å². The fourth-order valence-electron chi connectivity index (χ4n) is 4.92. The third-order valence-electron chi connectivity index (χ3n) is 7.48. The van der Waals surface area contributed by atoms with Crippen molar-refractivity contribution in [2.24, 2.45) is 5.73 Å². The number of hydrogen-bond donors (Lipinski definition) is 2. The van der Waals surface area contributed by atoms with E-state index in [0.29, 0.717) is 31.2 Å². The number of alkyl halides is 3. The van der Waals surface area contributed by atoms with Crippen LogP contribution in [0.4, 0.5) is 13.2 Å². The third kappa shape index (κ3) is 5.74. The van der Waals surface area contributed by atoms with E-state index in [4.69, 9.17) is 28.9 Å². The first kappa shape index (κ1) is 28.9. The van der Waals surface area contributed by atoms with E-state index in [0.717, 1.165) is 18.2 Å². The number of likely N-dealkylation sites (tertiary alicyclic amines) is 1. The van der Waals surface area contributed by atoms with Gasteiger partial charge >= 0.3 is 6.18 Å². The fraction of sp³-hybridized carbons (Fsp3) is 0.480. The summed E-state index contributed by atoms with van der Waals surface area (Å²) in [7, 11) is -4.23. The lowest BCUT2D eigenvalue weighted by Crippen LogP contribution is -2.54. The molecule has 15 heteroatoms. The summed E-state index contributed by atoms with van der Waals surface area (Å²) >= 11 is 12.1. The Hall–Kier alpha value is -2.61. The van der Waals surface area contributed by atoms with Gasteiger partial charge in [0.15, 0.2) is 16.4 Å². The molecule has 3 aliphatic rings. The van der Waals surface area contributed by atoms with Crippen LogP contribution in [0.1, 0.15) is 37.7 Å². The number of halogens is 5. The Morgan fingerprint density at radius 2 is 1.85 bits per heavy atom. The van der Waals surface area contributed by atoms with Gasteiger partial charge in [-0.1, -0.05) is 29.3 Å². The van der Waals surface area contributed by atoms with Gasteiger partial charge in [0, 0.05) is 18.8 Å². The Morgan fingerprint density at radius 1 is 1.15 bits per heavy atom. The SMILES string of the molecule is NC1(NC(=O)C2C[C@@H](S(=O)(=O)c3ccc(OCC(F)(F)F)cc3Cl)CN2C(=O)C2(c3ccc(Cl)nc3)CC2)CC1. The number of hydrogen-bond acceptors (Lipinski definition) is 7. The summed E-state index contributed by atoms with van der Waals surface area (Å²) in [5.74, 6) is -1.22. The Kier molecular flexibility index (Phi) is 7.25. The van der Waals surface area contributed by atoms with Crippen molar-refractivity contribution in [1.82, 2.24) is 15.2 Å². The molecule has 216 valence electrons. The molecule has 40 heavy (non-hydrogen) atoms. The maximum absolute atomic E-state index is 13.9. The second-order valence-electron chi connectivity index (χ2n) is 10.5. The molecular formula is C25H25Cl2F3N4O5S. The van der Waals surface area contributed by atoms with Crippen LogP contribution in [0.15, 0.2) is 41.4 Å². The summed E-state index contributed by atoms with van der Waals surface area (Å²) in [5.41, 5.74) is 4.83. The second-order valence-corrected chi connectivity index (χ2v) is 13.5. The minimum atomic E-state index is -4.59. The van der Waals surface area contributed by atoms with Crippen LogP contribution in [0.3, 0.4) is 0 Å².